The monoisotopic (exact) mass is 488 g/mol. The molecule has 7 nitrogen and oxygen atoms in total. The fourth-order valence-electron chi connectivity index (χ4n) is 3.17. The standard InChI is InChI=1S/C24H26Cl2N4O3/c1-4-23(31)33-13-21(15-6-5-7-17(25)8-15)30-24(32)20-9-16(11-27-20)18-10-22(29-14(2)3)28-12-19(18)26/h5-12,14,21,27H,4,13H2,1-3H3,(H,28,29)(H,30,32)/t21-/m1/s1. The van der Waals surface area contributed by atoms with Crippen LogP contribution in [0, 0.1) is 0 Å². The molecule has 3 N–H and O–H groups in total. The number of ether oxygens (including phenoxy) is 1. The number of nitrogens with zero attached hydrogens (tertiary/aromatic N) is 1. The largest absolute Gasteiger partial charge is 0.463 e. The maximum atomic E-state index is 13.0. The molecule has 1 aromatic carbocycles. The van der Waals surface area contributed by atoms with E-state index in [0.29, 0.717) is 21.6 Å². The van der Waals surface area contributed by atoms with Gasteiger partial charge >= 0.3 is 5.97 Å². The summed E-state index contributed by atoms with van der Waals surface area (Å²) < 4.78 is 5.28. The van der Waals surface area contributed by atoms with Gasteiger partial charge in [-0.15, -0.1) is 0 Å². The smallest absolute Gasteiger partial charge is 0.305 e. The molecule has 0 saturated carbocycles. The Hall–Kier alpha value is -3.03. The first-order valence-corrected chi connectivity index (χ1v) is 11.3. The Kier molecular flexibility index (Phi) is 8.36. The van der Waals surface area contributed by atoms with Gasteiger partial charge in [0.25, 0.3) is 5.91 Å². The van der Waals surface area contributed by atoms with Crippen molar-refractivity contribution in [2.24, 2.45) is 0 Å². The van der Waals surface area contributed by atoms with E-state index in [0.717, 1.165) is 16.7 Å². The third kappa shape index (κ3) is 6.73. The molecule has 1 amide bonds. The van der Waals surface area contributed by atoms with E-state index in [9.17, 15) is 9.59 Å². The maximum absolute atomic E-state index is 13.0. The fraction of sp³-hybridized carbons (Fsp3) is 0.292. The third-order valence-electron chi connectivity index (χ3n) is 4.79. The summed E-state index contributed by atoms with van der Waals surface area (Å²) in [7, 11) is 0. The Bertz CT molecular complexity index is 1130. The molecule has 0 bridgehead atoms. The van der Waals surface area contributed by atoms with Gasteiger partial charge in [-0.1, -0.05) is 42.3 Å². The van der Waals surface area contributed by atoms with E-state index in [2.05, 4.69) is 20.6 Å². The molecule has 0 fully saturated rings. The first-order valence-electron chi connectivity index (χ1n) is 10.6. The van der Waals surface area contributed by atoms with Crippen LogP contribution in [0.25, 0.3) is 11.1 Å². The molecule has 1 atom stereocenters. The van der Waals surface area contributed by atoms with Crippen molar-refractivity contribution in [1.82, 2.24) is 15.3 Å². The Balaban J connectivity index is 1.81. The van der Waals surface area contributed by atoms with Gasteiger partial charge in [0.2, 0.25) is 0 Å². The van der Waals surface area contributed by atoms with E-state index in [1.165, 1.54) is 0 Å². The lowest BCUT2D eigenvalue weighted by molar-refractivity contribution is -0.144. The van der Waals surface area contributed by atoms with Crippen molar-refractivity contribution in [2.45, 2.75) is 39.3 Å². The second-order valence-electron chi connectivity index (χ2n) is 7.77. The number of rotatable bonds is 9. The van der Waals surface area contributed by atoms with Crippen molar-refractivity contribution in [2.75, 3.05) is 11.9 Å². The van der Waals surface area contributed by atoms with Crippen LogP contribution in [0.2, 0.25) is 10.0 Å². The molecule has 0 unspecified atom stereocenters. The molecule has 0 radical (unpaired) electrons. The number of halogens is 2. The van der Waals surface area contributed by atoms with E-state index < -0.39 is 6.04 Å². The molecular weight excluding hydrogens is 463 g/mol. The zero-order chi connectivity index (χ0) is 24.0. The quantitative estimate of drug-likeness (QED) is 0.339. The first kappa shape index (κ1) is 24.6. The van der Waals surface area contributed by atoms with Crippen molar-refractivity contribution < 1.29 is 14.3 Å². The predicted molar refractivity (Wildman–Crippen MR) is 131 cm³/mol. The molecule has 9 heteroatoms. The van der Waals surface area contributed by atoms with Crippen LogP contribution in [0.4, 0.5) is 5.82 Å². The number of amides is 1. The van der Waals surface area contributed by atoms with Crippen LogP contribution in [0.15, 0.2) is 48.8 Å². The van der Waals surface area contributed by atoms with Crippen molar-refractivity contribution >= 4 is 40.9 Å². The molecule has 0 aliphatic heterocycles. The zero-order valence-electron chi connectivity index (χ0n) is 18.6. The highest BCUT2D eigenvalue weighted by Crippen LogP contribution is 2.30. The SMILES string of the molecule is CCC(=O)OC[C@@H](NC(=O)c1cc(-c2cc(NC(C)C)ncc2Cl)c[nH]1)c1cccc(Cl)c1. The van der Waals surface area contributed by atoms with Crippen LogP contribution in [0.1, 0.15) is 49.3 Å². The summed E-state index contributed by atoms with van der Waals surface area (Å²) in [6.45, 7) is 5.74. The number of hydrogen-bond acceptors (Lipinski definition) is 5. The van der Waals surface area contributed by atoms with Gasteiger partial charge in [0.05, 0.1) is 11.1 Å². The highest BCUT2D eigenvalue weighted by molar-refractivity contribution is 6.33. The zero-order valence-corrected chi connectivity index (χ0v) is 20.1. The lowest BCUT2D eigenvalue weighted by Gasteiger charge is -2.19. The Morgan fingerprint density at radius 3 is 2.67 bits per heavy atom. The van der Waals surface area contributed by atoms with E-state index in [-0.39, 0.29) is 30.9 Å². The van der Waals surface area contributed by atoms with Crippen LogP contribution < -0.4 is 10.6 Å². The van der Waals surface area contributed by atoms with Crippen LogP contribution in [0.5, 0.6) is 0 Å². The van der Waals surface area contributed by atoms with Gasteiger partial charge < -0.3 is 20.4 Å². The summed E-state index contributed by atoms with van der Waals surface area (Å²) >= 11 is 12.5. The van der Waals surface area contributed by atoms with E-state index in [1.54, 1.807) is 43.6 Å². The van der Waals surface area contributed by atoms with Crippen molar-refractivity contribution in [3.8, 4) is 11.1 Å². The van der Waals surface area contributed by atoms with Gasteiger partial charge in [-0.25, -0.2) is 4.98 Å². The van der Waals surface area contributed by atoms with Crippen molar-refractivity contribution in [3.05, 3.63) is 70.1 Å². The minimum absolute atomic E-state index is 0.00721. The summed E-state index contributed by atoms with van der Waals surface area (Å²) in [5.41, 5.74) is 2.56. The van der Waals surface area contributed by atoms with Gasteiger partial charge in [-0.05, 0) is 43.7 Å². The number of benzene rings is 1. The Morgan fingerprint density at radius 2 is 1.97 bits per heavy atom. The molecule has 2 heterocycles. The van der Waals surface area contributed by atoms with E-state index >= 15 is 0 Å². The molecule has 0 spiro atoms. The van der Waals surface area contributed by atoms with Gasteiger partial charge in [-0.2, -0.15) is 0 Å². The number of anilines is 1. The molecule has 0 saturated heterocycles. The fourth-order valence-corrected chi connectivity index (χ4v) is 3.59. The second-order valence-corrected chi connectivity index (χ2v) is 8.61. The maximum Gasteiger partial charge on any atom is 0.305 e. The van der Waals surface area contributed by atoms with Crippen LogP contribution >= 0.6 is 23.2 Å². The molecule has 3 aromatic rings. The summed E-state index contributed by atoms with van der Waals surface area (Å²) in [5.74, 6) is -0.0172. The summed E-state index contributed by atoms with van der Waals surface area (Å²) in [6.07, 6.45) is 3.53. The topological polar surface area (TPSA) is 96.1 Å². The normalized spacial score (nSPS) is 11.8. The first-order chi connectivity index (χ1) is 15.8. The highest BCUT2D eigenvalue weighted by Gasteiger charge is 2.20. The summed E-state index contributed by atoms with van der Waals surface area (Å²) in [4.78, 5) is 31.9. The Morgan fingerprint density at radius 1 is 1.18 bits per heavy atom. The van der Waals surface area contributed by atoms with Crippen LogP contribution in [0.3, 0.4) is 0 Å². The lowest BCUT2D eigenvalue weighted by atomic mass is 10.1. The van der Waals surface area contributed by atoms with Gasteiger partial charge in [0.15, 0.2) is 0 Å². The number of pyridine rings is 1. The number of H-pyrrole nitrogens is 1. The number of hydrogen-bond donors (Lipinski definition) is 3. The average Bonchev–Trinajstić information content (AvgIpc) is 3.27. The predicted octanol–water partition coefficient (Wildman–Crippen LogP) is 5.63. The average molecular weight is 489 g/mol. The second kappa shape index (κ2) is 11.2. The number of aromatic amines is 1. The number of esters is 1. The molecule has 0 aliphatic carbocycles. The Labute approximate surface area is 202 Å². The molecule has 2 aromatic heterocycles. The molecule has 174 valence electrons. The number of aromatic nitrogens is 2. The third-order valence-corrected chi connectivity index (χ3v) is 5.32. The number of nitrogens with one attached hydrogen (secondary N) is 3. The number of carbonyl (C=O) groups is 2. The van der Waals surface area contributed by atoms with Gasteiger partial charge in [-0.3, -0.25) is 9.59 Å². The minimum Gasteiger partial charge on any atom is -0.463 e. The van der Waals surface area contributed by atoms with Crippen LogP contribution in [-0.4, -0.2) is 34.5 Å². The molecular formula is C24H26Cl2N4O3. The van der Waals surface area contributed by atoms with Crippen molar-refractivity contribution in [3.63, 3.8) is 0 Å². The van der Waals surface area contributed by atoms with Gasteiger partial charge in [0, 0.05) is 41.0 Å². The molecule has 33 heavy (non-hydrogen) atoms. The molecule has 3 rings (SSSR count). The van der Waals surface area contributed by atoms with E-state index in [1.807, 2.05) is 26.0 Å². The molecule has 0 aliphatic rings. The highest BCUT2D eigenvalue weighted by atomic mass is 35.5. The van der Waals surface area contributed by atoms with Gasteiger partial charge in [0.1, 0.15) is 18.1 Å². The van der Waals surface area contributed by atoms with Crippen LogP contribution in [-0.2, 0) is 9.53 Å². The number of carbonyl (C=O) groups excluding carboxylic acids is 2. The lowest BCUT2D eigenvalue weighted by Crippen LogP contribution is -2.32. The van der Waals surface area contributed by atoms with E-state index in [4.69, 9.17) is 27.9 Å². The summed E-state index contributed by atoms with van der Waals surface area (Å²) in [5, 5.41) is 7.14. The van der Waals surface area contributed by atoms with Crippen molar-refractivity contribution in [1.29, 1.82) is 0 Å². The summed E-state index contributed by atoms with van der Waals surface area (Å²) in [6, 6.07) is 10.3. The minimum atomic E-state index is -0.565.